The van der Waals surface area contributed by atoms with Crippen molar-refractivity contribution in [2.24, 2.45) is 0 Å². The minimum atomic E-state index is 1.17. The summed E-state index contributed by atoms with van der Waals surface area (Å²) in [5.41, 5.74) is 14.0. The smallest absolute Gasteiger partial charge is 0.0750 e. The molecule has 6 nitrogen and oxygen atoms in total. The first-order valence-corrected chi connectivity index (χ1v) is 3.88. The second-order valence-corrected chi connectivity index (χ2v) is 2.71. The van der Waals surface area contributed by atoms with Crippen molar-refractivity contribution in [1.29, 1.82) is 0 Å². The van der Waals surface area contributed by atoms with E-state index in [1.54, 1.807) is 0 Å². The summed E-state index contributed by atoms with van der Waals surface area (Å²) in [5.74, 6) is 0. The van der Waals surface area contributed by atoms with Gasteiger partial charge >= 0.3 is 0 Å². The molecule has 5 N–H and O–H groups in total. The summed E-state index contributed by atoms with van der Waals surface area (Å²) in [6.07, 6.45) is 4.93. The average molecular weight is 157 g/mol. The third-order valence-electron chi connectivity index (χ3n) is 1.96. The fourth-order valence-electron chi connectivity index (χ4n) is 1.39. The maximum absolute atomic E-state index is 2.92. The van der Waals surface area contributed by atoms with Crippen molar-refractivity contribution < 1.29 is 0 Å². The van der Waals surface area contributed by atoms with E-state index in [2.05, 4.69) is 27.7 Å². The lowest BCUT2D eigenvalue weighted by molar-refractivity contribution is -0.0122. The van der Waals surface area contributed by atoms with Crippen LogP contribution in [0.2, 0.25) is 0 Å². The van der Waals surface area contributed by atoms with Gasteiger partial charge in [0.2, 0.25) is 0 Å². The van der Waals surface area contributed by atoms with Crippen molar-refractivity contribution in [3.8, 4) is 0 Å². The first kappa shape index (κ1) is 7.41. The molecule has 0 spiro atoms. The van der Waals surface area contributed by atoms with Crippen molar-refractivity contribution in [3.63, 3.8) is 0 Å². The van der Waals surface area contributed by atoms with Gasteiger partial charge in [-0.25, -0.2) is 0 Å². The molecular formula is C5H13N6. The van der Waals surface area contributed by atoms with Crippen molar-refractivity contribution in [1.82, 2.24) is 32.8 Å². The molecule has 2 aliphatic rings. The Kier molecular flexibility index (Phi) is 2.32. The predicted octanol–water partition coefficient (Wildman–Crippen LogP) is -1.15. The number of nitrogens with zero attached hydrogens (tertiary/aromatic N) is 1. The van der Waals surface area contributed by atoms with Crippen molar-refractivity contribution >= 4 is 0 Å². The van der Waals surface area contributed by atoms with Gasteiger partial charge in [-0.2, -0.15) is 27.7 Å². The van der Waals surface area contributed by atoms with E-state index in [-0.39, 0.29) is 0 Å². The van der Waals surface area contributed by atoms with Crippen LogP contribution in [-0.4, -0.2) is 5.12 Å². The Morgan fingerprint density at radius 1 is 0.909 bits per heavy atom. The standard InChI is InChI=1S/C5H13N6/c1-2-4-5(3-1)11-9-7-6-8-10-11/h6-10H,1-4H2. The lowest BCUT2D eigenvalue weighted by Gasteiger charge is -2.33. The molecule has 0 amide bonds. The number of hydrogen-bond acceptors (Lipinski definition) is 6. The van der Waals surface area contributed by atoms with Gasteiger partial charge < -0.3 is 0 Å². The lowest BCUT2D eigenvalue weighted by atomic mass is 10.3. The van der Waals surface area contributed by atoms with Crippen LogP contribution in [0, 0.1) is 6.04 Å². The molecule has 0 aromatic heterocycles. The molecule has 2 fully saturated rings. The van der Waals surface area contributed by atoms with Crippen molar-refractivity contribution in [2.75, 3.05) is 0 Å². The molecule has 0 atom stereocenters. The minimum absolute atomic E-state index is 1.17. The van der Waals surface area contributed by atoms with E-state index in [0.29, 0.717) is 0 Å². The van der Waals surface area contributed by atoms with E-state index in [0.717, 1.165) is 0 Å². The molecule has 1 saturated heterocycles. The number of hydrogen-bond donors (Lipinski definition) is 5. The molecule has 6 heteroatoms. The number of hydrazine groups is 6. The molecule has 1 radical (unpaired) electrons. The molecule has 11 heavy (non-hydrogen) atoms. The first-order valence-electron chi connectivity index (χ1n) is 3.88. The summed E-state index contributed by atoms with van der Waals surface area (Å²) in [5, 5.41) is 1.86. The van der Waals surface area contributed by atoms with Gasteiger partial charge in [0.15, 0.2) is 0 Å². The molecule has 0 aromatic carbocycles. The Hall–Kier alpha value is -0.240. The molecule has 0 bridgehead atoms. The Morgan fingerprint density at radius 3 is 2.18 bits per heavy atom. The van der Waals surface area contributed by atoms with E-state index in [1.165, 1.54) is 31.7 Å². The summed E-state index contributed by atoms with van der Waals surface area (Å²) >= 11 is 0. The average Bonchev–Trinajstić information content (AvgIpc) is 2.58. The zero-order valence-corrected chi connectivity index (χ0v) is 6.28. The Bertz CT molecular complexity index is 116. The molecule has 0 unspecified atom stereocenters. The van der Waals surface area contributed by atoms with Crippen LogP contribution in [0.25, 0.3) is 0 Å². The normalized spacial score (nSPS) is 29.5. The Labute approximate surface area is 65.5 Å². The monoisotopic (exact) mass is 157 g/mol. The Balaban J connectivity index is 1.82. The van der Waals surface area contributed by atoms with E-state index in [1.807, 2.05) is 5.12 Å². The van der Waals surface area contributed by atoms with Gasteiger partial charge in [-0.1, -0.05) is 12.8 Å². The molecule has 0 aromatic rings. The van der Waals surface area contributed by atoms with Gasteiger partial charge in [0.1, 0.15) is 0 Å². The molecule has 63 valence electrons. The maximum Gasteiger partial charge on any atom is 0.0750 e. The second kappa shape index (κ2) is 3.44. The molecule has 1 saturated carbocycles. The third kappa shape index (κ3) is 1.67. The minimum Gasteiger partial charge on any atom is -0.164 e. The van der Waals surface area contributed by atoms with Gasteiger partial charge in [0.05, 0.1) is 6.04 Å². The highest BCUT2D eigenvalue weighted by atomic mass is 16.1. The number of nitrogens with one attached hydrogen (secondary N) is 5. The fraction of sp³-hybridized carbons (Fsp3) is 0.800. The van der Waals surface area contributed by atoms with Gasteiger partial charge in [-0.3, -0.25) is 0 Å². The van der Waals surface area contributed by atoms with Crippen LogP contribution in [0.4, 0.5) is 0 Å². The van der Waals surface area contributed by atoms with Gasteiger partial charge in [-0.15, -0.1) is 5.12 Å². The van der Waals surface area contributed by atoms with E-state index < -0.39 is 0 Å². The van der Waals surface area contributed by atoms with Crippen molar-refractivity contribution in [3.05, 3.63) is 6.04 Å². The third-order valence-corrected chi connectivity index (χ3v) is 1.96. The number of rotatable bonds is 1. The summed E-state index contributed by atoms with van der Waals surface area (Å²) in [7, 11) is 0. The van der Waals surface area contributed by atoms with Gasteiger partial charge in [0, 0.05) is 0 Å². The summed E-state index contributed by atoms with van der Waals surface area (Å²) < 4.78 is 0. The zero-order chi connectivity index (χ0) is 7.52. The SMILES string of the molecule is C1CC[C](N2NNNNN2)C1. The highest BCUT2D eigenvalue weighted by molar-refractivity contribution is 4.90. The van der Waals surface area contributed by atoms with Crippen LogP contribution in [0.3, 0.4) is 0 Å². The van der Waals surface area contributed by atoms with Crippen LogP contribution in [0.5, 0.6) is 0 Å². The highest BCUT2D eigenvalue weighted by Gasteiger charge is 2.24. The van der Waals surface area contributed by atoms with Gasteiger partial charge in [0.25, 0.3) is 0 Å². The summed E-state index contributed by atoms with van der Waals surface area (Å²) in [6.45, 7) is 0. The molecular weight excluding hydrogens is 144 g/mol. The molecule has 1 aliphatic heterocycles. The van der Waals surface area contributed by atoms with Crippen LogP contribution >= 0.6 is 0 Å². The van der Waals surface area contributed by atoms with Crippen LogP contribution in [-0.2, 0) is 0 Å². The molecule has 1 heterocycles. The van der Waals surface area contributed by atoms with Crippen molar-refractivity contribution in [2.45, 2.75) is 25.7 Å². The highest BCUT2D eigenvalue weighted by Crippen LogP contribution is 2.27. The quantitative estimate of drug-likeness (QED) is 0.331. The van der Waals surface area contributed by atoms with Crippen LogP contribution < -0.4 is 27.7 Å². The molecule has 2 rings (SSSR count). The predicted molar refractivity (Wildman–Crippen MR) is 39.2 cm³/mol. The molecule has 1 aliphatic carbocycles. The van der Waals surface area contributed by atoms with E-state index in [9.17, 15) is 0 Å². The maximum atomic E-state index is 2.92. The second-order valence-electron chi connectivity index (χ2n) is 2.71. The fourth-order valence-corrected chi connectivity index (χ4v) is 1.39. The topological polar surface area (TPSA) is 63.4 Å². The van der Waals surface area contributed by atoms with E-state index in [4.69, 9.17) is 0 Å². The largest absolute Gasteiger partial charge is 0.164 e. The van der Waals surface area contributed by atoms with E-state index >= 15 is 0 Å². The van der Waals surface area contributed by atoms with Gasteiger partial charge in [-0.05, 0) is 12.8 Å². The first-order chi connectivity index (χ1) is 5.47. The summed E-state index contributed by atoms with van der Waals surface area (Å²) in [6, 6.07) is 1.38. The van der Waals surface area contributed by atoms with Crippen LogP contribution in [0.1, 0.15) is 25.7 Å². The zero-order valence-electron chi connectivity index (χ0n) is 6.28. The lowest BCUT2D eigenvalue weighted by Crippen LogP contribution is -2.73. The Morgan fingerprint density at radius 2 is 1.55 bits per heavy atom. The van der Waals surface area contributed by atoms with Crippen LogP contribution in [0.15, 0.2) is 0 Å². The summed E-state index contributed by atoms with van der Waals surface area (Å²) in [4.78, 5) is 0.